The van der Waals surface area contributed by atoms with Crippen LogP contribution in [0.3, 0.4) is 0 Å². The maximum atomic E-state index is 13.2. The minimum atomic E-state index is -3.75. The molecule has 2 aromatic rings. The summed E-state index contributed by atoms with van der Waals surface area (Å²) in [5.41, 5.74) is 0. The van der Waals surface area contributed by atoms with Crippen molar-refractivity contribution in [3.63, 3.8) is 0 Å². The second-order valence-corrected chi connectivity index (χ2v) is 11.2. The van der Waals surface area contributed by atoms with E-state index in [1.165, 1.54) is 4.31 Å². The molecule has 2 aliphatic rings. The Kier molecular flexibility index (Phi) is 8.26. The van der Waals surface area contributed by atoms with Crippen molar-refractivity contribution >= 4 is 56.5 Å². The molecule has 7 nitrogen and oxygen atoms in total. The van der Waals surface area contributed by atoms with Gasteiger partial charge in [0, 0.05) is 30.7 Å². The highest BCUT2D eigenvalue weighted by Gasteiger charge is 2.34. The number of piperazine rings is 1. The molecule has 0 unspecified atom stereocenters. The lowest BCUT2D eigenvalue weighted by Crippen LogP contribution is -2.53. The van der Waals surface area contributed by atoms with Gasteiger partial charge in [0.1, 0.15) is 0 Å². The van der Waals surface area contributed by atoms with E-state index >= 15 is 0 Å². The number of carbonyl (C=O) groups is 1. The highest BCUT2D eigenvalue weighted by atomic mass is 35.5. The number of benzene rings is 2. The van der Waals surface area contributed by atoms with E-state index in [4.69, 9.17) is 17.0 Å². The molecular formula is C23H30Cl2N4O3S. The van der Waals surface area contributed by atoms with Gasteiger partial charge < -0.3 is 10.2 Å². The summed E-state index contributed by atoms with van der Waals surface area (Å²) in [6.07, 6.45) is 4.02. The zero-order chi connectivity index (χ0) is 22.9. The molecule has 1 saturated carbocycles. The van der Waals surface area contributed by atoms with Crippen molar-refractivity contribution in [2.75, 3.05) is 26.2 Å². The molecule has 1 heterocycles. The van der Waals surface area contributed by atoms with E-state index in [-0.39, 0.29) is 29.8 Å². The quantitative estimate of drug-likeness (QED) is 0.469. The average Bonchev–Trinajstić information content (AvgIpc) is 2.75. The Morgan fingerprint density at radius 2 is 1.76 bits per heavy atom. The number of amidine groups is 1. The molecule has 4 rings (SSSR count). The molecule has 2 N–H and O–H groups in total. The first kappa shape index (κ1) is 25.7. The maximum absolute atomic E-state index is 13.2. The van der Waals surface area contributed by atoms with E-state index in [2.05, 4.69) is 5.32 Å². The summed E-state index contributed by atoms with van der Waals surface area (Å²) in [6, 6.07) is 10.6. The monoisotopic (exact) mass is 512 g/mol. The van der Waals surface area contributed by atoms with Gasteiger partial charge in [0.25, 0.3) is 0 Å². The maximum Gasteiger partial charge on any atom is 0.243 e. The Bertz CT molecular complexity index is 1130. The number of fused-ring (bicyclic) bond motifs is 1. The lowest BCUT2D eigenvalue weighted by atomic mass is 9.85. The number of hydrogen-bond acceptors (Lipinski definition) is 4. The van der Waals surface area contributed by atoms with Gasteiger partial charge in [-0.2, -0.15) is 4.31 Å². The number of sulfonamides is 1. The number of amides is 1. The molecule has 0 bridgehead atoms. The van der Waals surface area contributed by atoms with Crippen molar-refractivity contribution in [1.29, 1.82) is 5.41 Å². The van der Waals surface area contributed by atoms with Crippen molar-refractivity contribution in [2.45, 2.75) is 43.5 Å². The van der Waals surface area contributed by atoms with Crippen molar-refractivity contribution < 1.29 is 13.2 Å². The first-order valence-electron chi connectivity index (χ1n) is 11.0. The third-order valence-corrected chi connectivity index (χ3v) is 8.52. The SMILES string of the molecule is CC(=N)N[C@H]1CC[C@H](CN2CCN(S(=O)(=O)c3ccc4cc(Cl)ccc4c3)CC2=O)CC1.Cl. The van der Waals surface area contributed by atoms with E-state index in [9.17, 15) is 13.2 Å². The zero-order valence-electron chi connectivity index (χ0n) is 18.6. The highest BCUT2D eigenvalue weighted by Crippen LogP contribution is 2.28. The van der Waals surface area contributed by atoms with Crippen LogP contribution < -0.4 is 5.32 Å². The molecule has 1 amide bonds. The molecule has 2 aromatic carbocycles. The molecular weight excluding hydrogens is 483 g/mol. The van der Waals surface area contributed by atoms with Gasteiger partial charge in [-0.05, 0) is 73.6 Å². The number of carbonyl (C=O) groups excluding carboxylic acids is 1. The number of rotatable bonds is 5. The van der Waals surface area contributed by atoms with Gasteiger partial charge in [0.05, 0.1) is 17.3 Å². The third kappa shape index (κ3) is 5.98. The van der Waals surface area contributed by atoms with Crippen LogP contribution in [0.1, 0.15) is 32.6 Å². The van der Waals surface area contributed by atoms with Gasteiger partial charge in [-0.3, -0.25) is 10.2 Å². The van der Waals surface area contributed by atoms with Crippen LogP contribution in [0.4, 0.5) is 0 Å². The summed E-state index contributed by atoms with van der Waals surface area (Å²) in [5.74, 6) is 0.789. The van der Waals surface area contributed by atoms with Gasteiger partial charge in [0.2, 0.25) is 15.9 Å². The molecule has 0 radical (unpaired) electrons. The van der Waals surface area contributed by atoms with Gasteiger partial charge in [-0.15, -0.1) is 12.4 Å². The van der Waals surface area contributed by atoms with Crippen LogP contribution in [-0.2, 0) is 14.8 Å². The highest BCUT2D eigenvalue weighted by molar-refractivity contribution is 7.89. The van der Waals surface area contributed by atoms with E-state index < -0.39 is 10.0 Å². The van der Waals surface area contributed by atoms with E-state index in [1.54, 1.807) is 43.3 Å². The van der Waals surface area contributed by atoms with Crippen LogP contribution in [-0.4, -0.2) is 61.6 Å². The van der Waals surface area contributed by atoms with Crippen LogP contribution >= 0.6 is 24.0 Å². The average molecular weight is 513 g/mol. The topological polar surface area (TPSA) is 93.6 Å². The van der Waals surface area contributed by atoms with Gasteiger partial charge in [-0.25, -0.2) is 8.42 Å². The number of halogens is 2. The summed E-state index contributed by atoms with van der Waals surface area (Å²) in [4.78, 5) is 14.8. The minimum Gasteiger partial charge on any atom is -0.372 e. The normalized spacial score (nSPS) is 22.1. The van der Waals surface area contributed by atoms with Gasteiger partial charge in [0.15, 0.2) is 0 Å². The molecule has 33 heavy (non-hydrogen) atoms. The fraction of sp³-hybridized carbons (Fsp3) is 0.478. The van der Waals surface area contributed by atoms with E-state index in [0.717, 1.165) is 36.5 Å². The van der Waals surface area contributed by atoms with Crippen LogP contribution in [0.15, 0.2) is 41.3 Å². The summed E-state index contributed by atoms with van der Waals surface area (Å²) >= 11 is 6.02. The number of hydrogen-bond donors (Lipinski definition) is 2. The predicted molar refractivity (Wildman–Crippen MR) is 134 cm³/mol. The smallest absolute Gasteiger partial charge is 0.243 e. The van der Waals surface area contributed by atoms with Crippen molar-refractivity contribution in [3.05, 3.63) is 41.4 Å². The molecule has 1 aliphatic heterocycles. The van der Waals surface area contributed by atoms with Crippen LogP contribution in [0.2, 0.25) is 5.02 Å². The summed E-state index contributed by atoms with van der Waals surface area (Å²) in [6.45, 7) is 3.03. The van der Waals surface area contributed by atoms with Crippen LogP contribution in [0.5, 0.6) is 0 Å². The minimum absolute atomic E-state index is 0. The van der Waals surface area contributed by atoms with Gasteiger partial charge in [-0.1, -0.05) is 23.7 Å². The van der Waals surface area contributed by atoms with Crippen LogP contribution in [0, 0.1) is 11.3 Å². The lowest BCUT2D eigenvalue weighted by molar-refractivity contribution is -0.134. The Labute approximate surface area is 206 Å². The van der Waals surface area contributed by atoms with Crippen LogP contribution in [0.25, 0.3) is 10.8 Å². The Morgan fingerprint density at radius 3 is 2.42 bits per heavy atom. The molecule has 0 aromatic heterocycles. The summed E-state index contributed by atoms with van der Waals surface area (Å²) < 4.78 is 27.6. The second-order valence-electron chi connectivity index (χ2n) is 8.82. The fourth-order valence-corrected chi connectivity index (χ4v) is 6.29. The number of nitrogens with one attached hydrogen (secondary N) is 2. The first-order valence-corrected chi connectivity index (χ1v) is 12.8. The Hall–Kier alpha value is -1.87. The second kappa shape index (κ2) is 10.6. The standard InChI is InChI=1S/C23H29ClN4O3S.ClH/c1-16(25)26-21-7-2-17(3-8-21)14-27-10-11-28(15-23(27)29)32(30,31)22-9-5-18-12-20(24)6-4-19(18)13-22;/h4-6,9,12-13,17,21H,2-3,7-8,10-11,14-15H2,1H3,(H2,25,26);1H/t17-,21-;. The molecule has 0 atom stereocenters. The Morgan fingerprint density at radius 1 is 1.09 bits per heavy atom. The third-order valence-electron chi connectivity index (χ3n) is 6.44. The summed E-state index contributed by atoms with van der Waals surface area (Å²) in [5, 5.41) is 13.0. The number of nitrogens with zero attached hydrogens (tertiary/aromatic N) is 2. The van der Waals surface area contributed by atoms with Crippen molar-refractivity contribution in [3.8, 4) is 0 Å². The molecule has 1 saturated heterocycles. The van der Waals surface area contributed by atoms with Crippen molar-refractivity contribution in [2.24, 2.45) is 5.92 Å². The lowest BCUT2D eigenvalue weighted by Gasteiger charge is -2.37. The molecule has 1 aliphatic carbocycles. The van der Waals surface area contributed by atoms with E-state index in [0.29, 0.717) is 42.5 Å². The summed E-state index contributed by atoms with van der Waals surface area (Å²) in [7, 11) is -3.75. The first-order chi connectivity index (χ1) is 15.2. The molecule has 2 fully saturated rings. The Balaban J connectivity index is 0.00000306. The zero-order valence-corrected chi connectivity index (χ0v) is 21.0. The largest absolute Gasteiger partial charge is 0.372 e. The van der Waals surface area contributed by atoms with Crippen molar-refractivity contribution in [1.82, 2.24) is 14.5 Å². The molecule has 180 valence electrons. The predicted octanol–water partition coefficient (Wildman–Crippen LogP) is 3.89. The van der Waals surface area contributed by atoms with E-state index in [1.807, 2.05) is 4.90 Å². The molecule has 10 heteroatoms. The fourth-order valence-electron chi connectivity index (χ4n) is 4.70. The molecule has 0 spiro atoms. The van der Waals surface area contributed by atoms with Gasteiger partial charge >= 0.3 is 0 Å².